The van der Waals surface area contributed by atoms with Crippen molar-refractivity contribution in [2.24, 2.45) is 0 Å². The summed E-state index contributed by atoms with van der Waals surface area (Å²) >= 11 is 1.62. The number of rotatable bonds is 5. The van der Waals surface area contributed by atoms with E-state index in [2.05, 4.69) is 35.4 Å². The molecule has 0 aliphatic carbocycles. The quantitative estimate of drug-likeness (QED) is 0.637. The summed E-state index contributed by atoms with van der Waals surface area (Å²) in [5, 5.41) is 5.13. The molecule has 1 amide bonds. The fourth-order valence-electron chi connectivity index (χ4n) is 2.91. The van der Waals surface area contributed by atoms with Crippen molar-refractivity contribution >= 4 is 34.3 Å². The lowest BCUT2D eigenvalue weighted by molar-refractivity contribution is -0.115. The largest absolute Gasteiger partial charge is 0.326 e. The monoisotopic (exact) mass is 350 g/mol. The Bertz CT molecular complexity index is 901. The molecule has 0 spiro atoms. The first-order valence-corrected chi connectivity index (χ1v) is 9.37. The Labute approximate surface area is 152 Å². The molecule has 1 aromatic heterocycles. The minimum Gasteiger partial charge on any atom is -0.326 e. The van der Waals surface area contributed by atoms with E-state index in [1.807, 2.05) is 44.2 Å². The van der Waals surface area contributed by atoms with Crippen molar-refractivity contribution in [3.05, 3.63) is 65.2 Å². The summed E-state index contributed by atoms with van der Waals surface area (Å²) in [6.45, 7) is 6.17. The number of pyridine rings is 1. The van der Waals surface area contributed by atoms with Gasteiger partial charge < -0.3 is 5.32 Å². The summed E-state index contributed by atoms with van der Waals surface area (Å²) in [7, 11) is 0. The topological polar surface area (TPSA) is 42.0 Å². The van der Waals surface area contributed by atoms with Crippen LogP contribution in [-0.4, -0.2) is 16.6 Å². The fourth-order valence-corrected chi connectivity index (χ4v) is 3.83. The zero-order chi connectivity index (χ0) is 17.8. The van der Waals surface area contributed by atoms with Crippen LogP contribution in [-0.2, 0) is 4.79 Å². The molecule has 0 atom stereocenters. The van der Waals surface area contributed by atoms with E-state index < -0.39 is 0 Å². The summed E-state index contributed by atoms with van der Waals surface area (Å²) in [5.41, 5.74) is 5.39. The number of carbonyl (C=O) groups is 1. The molecule has 3 rings (SSSR count). The van der Waals surface area contributed by atoms with Gasteiger partial charge in [0.15, 0.2) is 0 Å². The van der Waals surface area contributed by atoms with Gasteiger partial charge >= 0.3 is 0 Å². The first kappa shape index (κ1) is 17.5. The lowest BCUT2D eigenvalue weighted by Crippen LogP contribution is -2.12. The number of aromatic nitrogens is 1. The molecule has 3 aromatic rings. The van der Waals surface area contributed by atoms with Crippen molar-refractivity contribution in [3.63, 3.8) is 0 Å². The van der Waals surface area contributed by atoms with Crippen LogP contribution in [0.2, 0.25) is 0 Å². The van der Waals surface area contributed by atoms with Crippen molar-refractivity contribution < 1.29 is 4.79 Å². The molecule has 0 fully saturated rings. The maximum Gasteiger partial charge on any atom is 0.225 e. The maximum atomic E-state index is 12.2. The van der Waals surface area contributed by atoms with Gasteiger partial charge in [0.2, 0.25) is 5.91 Å². The number of thioether (sulfide) groups is 1. The van der Waals surface area contributed by atoms with Gasteiger partial charge in [0, 0.05) is 23.2 Å². The number of fused-ring (bicyclic) bond motifs is 1. The van der Waals surface area contributed by atoms with Gasteiger partial charge in [-0.1, -0.05) is 24.3 Å². The Balaban J connectivity index is 1.58. The maximum absolute atomic E-state index is 12.2. The van der Waals surface area contributed by atoms with Crippen LogP contribution in [0, 0.1) is 20.8 Å². The van der Waals surface area contributed by atoms with E-state index in [1.54, 1.807) is 11.8 Å². The third kappa shape index (κ3) is 4.60. The number of para-hydroxylation sites is 1. The number of anilines is 1. The molecule has 1 N–H and O–H groups in total. The van der Waals surface area contributed by atoms with Crippen molar-refractivity contribution in [2.45, 2.75) is 32.2 Å². The van der Waals surface area contributed by atoms with Gasteiger partial charge in [-0.3, -0.25) is 4.79 Å². The summed E-state index contributed by atoms with van der Waals surface area (Å²) < 4.78 is 0. The predicted molar refractivity (Wildman–Crippen MR) is 106 cm³/mol. The van der Waals surface area contributed by atoms with Gasteiger partial charge in [-0.05, 0) is 61.7 Å². The minimum absolute atomic E-state index is 0.0370. The summed E-state index contributed by atoms with van der Waals surface area (Å²) in [4.78, 5) is 16.8. The molecular formula is C21H22N2OS. The van der Waals surface area contributed by atoms with Gasteiger partial charge in [0.25, 0.3) is 0 Å². The van der Waals surface area contributed by atoms with Crippen LogP contribution in [0.3, 0.4) is 0 Å². The van der Waals surface area contributed by atoms with Crippen LogP contribution in [0.5, 0.6) is 0 Å². The second-order valence-electron chi connectivity index (χ2n) is 6.32. The molecule has 1 heterocycles. The molecule has 0 saturated heterocycles. The predicted octanol–water partition coefficient (Wildman–Crippen LogP) is 5.28. The van der Waals surface area contributed by atoms with Crippen molar-refractivity contribution in [1.82, 2.24) is 4.98 Å². The SMILES string of the molecule is Cc1cc(C)cc(NC(=O)CCSc2cc(C)c3ccccc3n2)c1. The number of nitrogens with zero attached hydrogens (tertiary/aromatic N) is 1. The second kappa shape index (κ2) is 7.70. The van der Waals surface area contributed by atoms with Crippen LogP contribution in [0.1, 0.15) is 23.1 Å². The standard InChI is InChI=1S/C21H22N2OS/c1-14-10-15(2)12-17(11-14)22-20(24)8-9-25-21-13-16(3)18-6-4-5-7-19(18)23-21/h4-7,10-13H,8-9H2,1-3H3,(H,22,24). The van der Waals surface area contributed by atoms with Gasteiger partial charge in [0.05, 0.1) is 10.5 Å². The third-order valence-corrected chi connectivity index (χ3v) is 4.90. The zero-order valence-electron chi connectivity index (χ0n) is 14.8. The Hall–Kier alpha value is -2.33. The normalized spacial score (nSPS) is 10.8. The van der Waals surface area contributed by atoms with E-state index in [9.17, 15) is 4.79 Å². The van der Waals surface area contributed by atoms with Gasteiger partial charge in [-0.15, -0.1) is 11.8 Å². The lowest BCUT2D eigenvalue weighted by Gasteiger charge is -2.08. The average Bonchev–Trinajstić information content (AvgIpc) is 2.54. The number of aryl methyl sites for hydroxylation is 3. The van der Waals surface area contributed by atoms with E-state index >= 15 is 0 Å². The highest BCUT2D eigenvalue weighted by Gasteiger charge is 2.06. The Morgan fingerprint density at radius 2 is 1.76 bits per heavy atom. The molecule has 128 valence electrons. The third-order valence-electron chi connectivity index (χ3n) is 3.98. The number of benzene rings is 2. The zero-order valence-corrected chi connectivity index (χ0v) is 15.6. The van der Waals surface area contributed by atoms with Crippen molar-refractivity contribution in [2.75, 3.05) is 11.1 Å². The Kier molecular flexibility index (Phi) is 5.39. The number of hydrogen-bond acceptors (Lipinski definition) is 3. The van der Waals surface area contributed by atoms with Gasteiger partial charge in [0.1, 0.15) is 0 Å². The Morgan fingerprint density at radius 3 is 2.52 bits per heavy atom. The van der Waals surface area contributed by atoms with Crippen molar-refractivity contribution in [1.29, 1.82) is 0 Å². The number of nitrogens with one attached hydrogen (secondary N) is 1. The molecule has 0 aliphatic heterocycles. The summed E-state index contributed by atoms with van der Waals surface area (Å²) in [6.07, 6.45) is 0.464. The van der Waals surface area contributed by atoms with E-state index in [-0.39, 0.29) is 5.91 Å². The highest BCUT2D eigenvalue weighted by atomic mass is 32.2. The molecule has 25 heavy (non-hydrogen) atoms. The molecule has 2 aromatic carbocycles. The molecule has 0 bridgehead atoms. The number of hydrogen-bond donors (Lipinski definition) is 1. The molecule has 4 heteroatoms. The molecular weight excluding hydrogens is 328 g/mol. The summed E-state index contributed by atoms with van der Waals surface area (Å²) in [5.74, 6) is 0.747. The fraction of sp³-hybridized carbons (Fsp3) is 0.238. The Morgan fingerprint density at radius 1 is 1.04 bits per heavy atom. The lowest BCUT2D eigenvalue weighted by atomic mass is 10.1. The van der Waals surface area contributed by atoms with E-state index in [0.29, 0.717) is 12.2 Å². The average molecular weight is 350 g/mol. The van der Waals surface area contributed by atoms with E-state index in [0.717, 1.165) is 27.4 Å². The van der Waals surface area contributed by atoms with Crippen LogP contribution < -0.4 is 5.32 Å². The van der Waals surface area contributed by atoms with Gasteiger partial charge in [-0.25, -0.2) is 4.98 Å². The molecule has 0 aliphatic rings. The molecule has 3 nitrogen and oxygen atoms in total. The molecule has 0 unspecified atom stereocenters. The minimum atomic E-state index is 0.0370. The first-order chi connectivity index (χ1) is 12.0. The van der Waals surface area contributed by atoms with Crippen molar-refractivity contribution in [3.8, 4) is 0 Å². The molecule has 0 saturated carbocycles. The van der Waals surface area contributed by atoms with Gasteiger partial charge in [-0.2, -0.15) is 0 Å². The number of amides is 1. The first-order valence-electron chi connectivity index (χ1n) is 8.38. The van der Waals surface area contributed by atoms with Crippen LogP contribution in [0.4, 0.5) is 5.69 Å². The van der Waals surface area contributed by atoms with Crippen LogP contribution in [0.15, 0.2) is 53.6 Å². The summed E-state index contributed by atoms with van der Waals surface area (Å²) in [6, 6.07) is 16.3. The van der Waals surface area contributed by atoms with E-state index in [4.69, 9.17) is 0 Å². The molecule has 0 radical (unpaired) electrons. The highest BCUT2D eigenvalue weighted by Crippen LogP contribution is 2.24. The highest BCUT2D eigenvalue weighted by molar-refractivity contribution is 7.99. The number of carbonyl (C=O) groups excluding carboxylic acids is 1. The second-order valence-corrected chi connectivity index (χ2v) is 7.43. The van der Waals surface area contributed by atoms with Crippen LogP contribution >= 0.6 is 11.8 Å². The smallest absolute Gasteiger partial charge is 0.225 e. The van der Waals surface area contributed by atoms with Crippen LogP contribution in [0.25, 0.3) is 10.9 Å². The van der Waals surface area contributed by atoms with E-state index in [1.165, 1.54) is 10.9 Å².